The summed E-state index contributed by atoms with van der Waals surface area (Å²) in [5.74, 6) is -0.407. The Hall–Kier alpha value is -0.640. The predicted molar refractivity (Wildman–Crippen MR) is 46.7 cm³/mol. The molecular weight excluding hydrogens is 222 g/mol. The molecule has 0 aromatic carbocycles. The number of alkyl halides is 1. The summed E-state index contributed by atoms with van der Waals surface area (Å²) in [5, 5.41) is 2.31. The molecule has 12 heavy (non-hydrogen) atoms. The van der Waals surface area contributed by atoms with E-state index < -0.39 is 0 Å². The minimum absolute atomic E-state index is 0.0766. The van der Waals surface area contributed by atoms with Crippen LogP contribution >= 0.6 is 15.9 Å². The van der Waals surface area contributed by atoms with Crippen molar-refractivity contribution in [2.24, 2.45) is 0 Å². The molecule has 0 aromatic heterocycles. The van der Waals surface area contributed by atoms with Crippen LogP contribution in [0, 0.1) is 0 Å². The van der Waals surface area contributed by atoms with Crippen molar-refractivity contribution in [3.8, 4) is 0 Å². The van der Waals surface area contributed by atoms with E-state index in [2.05, 4.69) is 21.2 Å². The Labute approximate surface area is 78.3 Å². The van der Waals surface area contributed by atoms with Gasteiger partial charge in [-0.3, -0.25) is 14.9 Å². The van der Waals surface area contributed by atoms with E-state index in [0.717, 1.165) is 19.3 Å². The van der Waals surface area contributed by atoms with Gasteiger partial charge in [0.1, 0.15) is 0 Å². The first-order valence-electron chi connectivity index (χ1n) is 3.93. The van der Waals surface area contributed by atoms with Crippen molar-refractivity contribution in [2.75, 3.05) is 0 Å². The molecule has 4 heteroatoms. The third-order valence-corrected chi connectivity index (χ3v) is 3.18. The largest absolute Gasteiger partial charge is 0.289 e. The Morgan fingerprint density at radius 2 is 2.08 bits per heavy atom. The van der Waals surface area contributed by atoms with Crippen LogP contribution in [0.5, 0.6) is 0 Å². The third kappa shape index (κ3) is 1.02. The second kappa shape index (κ2) is 2.69. The lowest BCUT2D eigenvalue weighted by molar-refractivity contribution is -0.124. The molecule has 3 nitrogen and oxygen atoms in total. The number of nitrogens with one attached hydrogen (secondary N) is 1. The summed E-state index contributed by atoms with van der Waals surface area (Å²) in [6.07, 6.45) is 2.67. The molecule has 1 aliphatic heterocycles. The fourth-order valence-corrected chi connectivity index (χ4v) is 2.50. The van der Waals surface area contributed by atoms with Crippen molar-refractivity contribution >= 4 is 27.7 Å². The van der Waals surface area contributed by atoms with Crippen molar-refractivity contribution < 1.29 is 9.59 Å². The molecule has 1 atom stereocenters. The summed E-state index contributed by atoms with van der Waals surface area (Å²) in [5.41, 5.74) is 1.35. The second-order valence-corrected chi connectivity index (χ2v) is 4.14. The number of amides is 2. The number of carbonyl (C=O) groups is 2. The van der Waals surface area contributed by atoms with Gasteiger partial charge in [0.15, 0.2) is 0 Å². The van der Waals surface area contributed by atoms with E-state index >= 15 is 0 Å². The average Bonchev–Trinajstić information content (AvgIpc) is 2.29. The Morgan fingerprint density at radius 3 is 2.75 bits per heavy atom. The molecule has 1 N–H and O–H groups in total. The number of halogens is 1. The Bertz CT molecular complexity index is 295. The first-order valence-corrected chi connectivity index (χ1v) is 4.84. The van der Waals surface area contributed by atoms with Gasteiger partial charge in [0.2, 0.25) is 0 Å². The highest BCUT2D eigenvalue weighted by atomic mass is 79.9. The zero-order valence-electron chi connectivity index (χ0n) is 6.39. The minimum Gasteiger partial charge on any atom is -0.289 e. The molecule has 0 saturated heterocycles. The van der Waals surface area contributed by atoms with Crippen LogP contribution in [0.3, 0.4) is 0 Å². The maximum Gasteiger partial charge on any atom is 0.255 e. The van der Waals surface area contributed by atoms with Gasteiger partial charge in [0, 0.05) is 16.0 Å². The molecule has 2 aliphatic rings. The van der Waals surface area contributed by atoms with E-state index in [1.807, 2.05) is 0 Å². The highest BCUT2D eigenvalue weighted by molar-refractivity contribution is 9.09. The zero-order chi connectivity index (χ0) is 8.72. The smallest absolute Gasteiger partial charge is 0.255 e. The maximum absolute atomic E-state index is 11.2. The summed E-state index contributed by atoms with van der Waals surface area (Å²) in [4.78, 5) is 22.4. The van der Waals surface area contributed by atoms with Crippen LogP contribution in [-0.4, -0.2) is 16.6 Å². The lowest BCUT2D eigenvalue weighted by Crippen LogP contribution is -2.24. The van der Waals surface area contributed by atoms with Gasteiger partial charge in [0.25, 0.3) is 11.8 Å². The first kappa shape index (κ1) is 7.98. The molecule has 64 valence electrons. The fraction of sp³-hybridized carbons (Fsp3) is 0.500. The minimum atomic E-state index is -0.212. The molecule has 1 aliphatic carbocycles. The van der Waals surface area contributed by atoms with Gasteiger partial charge in [-0.25, -0.2) is 0 Å². The Kier molecular flexibility index (Phi) is 1.79. The number of rotatable bonds is 0. The second-order valence-electron chi connectivity index (χ2n) is 3.04. The summed E-state index contributed by atoms with van der Waals surface area (Å²) in [6.45, 7) is 0. The molecular formula is C8H8BrNO2. The van der Waals surface area contributed by atoms with Crippen LogP contribution in [0.25, 0.3) is 0 Å². The summed E-state index contributed by atoms with van der Waals surface area (Å²) >= 11 is 3.39. The number of hydrogen-bond donors (Lipinski definition) is 1. The summed E-state index contributed by atoms with van der Waals surface area (Å²) in [7, 11) is 0. The molecule has 0 saturated carbocycles. The monoisotopic (exact) mass is 229 g/mol. The van der Waals surface area contributed by atoms with Crippen molar-refractivity contribution in [3.63, 3.8) is 0 Å². The van der Waals surface area contributed by atoms with Gasteiger partial charge < -0.3 is 0 Å². The number of imide groups is 1. The van der Waals surface area contributed by atoms with E-state index in [1.165, 1.54) is 0 Å². The van der Waals surface area contributed by atoms with Crippen LogP contribution in [0.4, 0.5) is 0 Å². The molecule has 0 fully saturated rings. The van der Waals surface area contributed by atoms with Crippen LogP contribution in [0.1, 0.15) is 19.3 Å². The molecule has 1 heterocycles. The van der Waals surface area contributed by atoms with Gasteiger partial charge in [-0.2, -0.15) is 0 Å². The van der Waals surface area contributed by atoms with E-state index in [0.29, 0.717) is 11.1 Å². The average molecular weight is 230 g/mol. The van der Waals surface area contributed by atoms with Crippen molar-refractivity contribution in [1.82, 2.24) is 5.32 Å². The lowest BCUT2D eigenvalue weighted by Gasteiger charge is -2.15. The van der Waals surface area contributed by atoms with Crippen LogP contribution in [0.2, 0.25) is 0 Å². The van der Waals surface area contributed by atoms with Crippen molar-refractivity contribution in [3.05, 3.63) is 11.1 Å². The summed E-state index contributed by atoms with van der Waals surface area (Å²) in [6, 6.07) is 0. The van der Waals surface area contributed by atoms with Gasteiger partial charge in [-0.05, 0) is 19.3 Å². The predicted octanol–water partition coefficient (Wildman–Crippen LogP) is 0.887. The Balaban J connectivity index is 2.44. The van der Waals surface area contributed by atoms with Gasteiger partial charge in [-0.15, -0.1) is 0 Å². The summed E-state index contributed by atoms with van der Waals surface area (Å²) < 4.78 is 0. The zero-order valence-corrected chi connectivity index (χ0v) is 7.98. The van der Waals surface area contributed by atoms with E-state index in [4.69, 9.17) is 0 Å². The highest BCUT2D eigenvalue weighted by Crippen LogP contribution is 2.33. The van der Waals surface area contributed by atoms with Crippen LogP contribution < -0.4 is 5.32 Å². The molecule has 0 aromatic rings. The van der Waals surface area contributed by atoms with Crippen molar-refractivity contribution in [1.29, 1.82) is 0 Å². The molecule has 0 unspecified atom stereocenters. The standard InChI is InChI=1S/C8H8BrNO2/c9-5-3-1-2-4-6(5)8(12)10-7(4)11/h5H,1-3H2,(H,10,11,12)/t5-/m0/s1. The first-order chi connectivity index (χ1) is 5.70. The van der Waals surface area contributed by atoms with Gasteiger partial charge in [0.05, 0.1) is 0 Å². The number of hydrogen-bond acceptors (Lipinski definition) is 2. The SMILES string of the molecule is O=C1NC(=O)C2=C1CCC[C@@H]2Br. The number of carbonyl (C=O) groups excluding carboxylic acids is 2. The van der Waals surface area contributed by atoms with Gasteiger partial charge >= 0.3 is 0 Å². The quantitative estimate of drug-likeness (QED) is 0.496. The topological polar surface area (TPSA) is 46.2 Å². The molecule has 0 spiro atoms. The van der Waals surface area contributed by atoms with Gasteiger partial charge in [-0.1, -0.05) is 15.9 Å². The molecule has 0 bridgehead atoms. The third-order valence-electron chi connectivity index (χ3n) is 2.27. The normalized spacial score (nSPS) is 28.9. The lowest BCUT2D eigenvalue weighted by atomic mass is 9.93. The van der Waals surface area contributed by atoms with E-state index in [1.54, 1.807) is 0 Å². The fourth-order valence-electron chi connectivity index (χ4n) is 1.69. The Morgan fingerprint density at radius 1 is 1.33 bits per heavy atom. The maximum atomic E-state index is 11.2. The van der Waals surface area contributed by atoms with Crippen LogP contribution in [-0.2, 0) is 9.59 Å². The molecule has 0 radical (unpaired) electrons. The van der Waals surface area contributed by atoms with E-state index in [9.17, 15) is 9.59 Å². The van der Waals surface area contributed by atoms with Crippen molar-refractivity contribution in [2.45, 2.75) is 24.1 Å². The molecule has 2 amide bonds. The van der Waals surface area contributed by atoms with E-state index in [-0.39, 0.29) is 16.6 Å². The van der Waals surface area contributed by atoms with Crippen LogP contribution in [0.15, 0.2) is 11.1 Å². The highest BCUT2D eigenvalue weighted by Gasteiger charge is 2.35. The molecule has 2 rings (SSSR count).